The van der Waals surface area contributed by atoms with Crippen LogP contribution in [-0.4, -0.2) is 46.3 Å². The Kier molecular flexibility index (Phi) is 5.86. The third-order valence-electron chi connectivity index (χ3n) is 4.61. The molecule has 0 unspecified atom stereocenters. The standard InChI is InChI=1S/C21H24N4O2/c1-3-25(4-2)21(27)19-11-7-10-18(24-19)20(26)22-13-12-15-14-23-17-9-6-5-8-16(15)17/h5-11,14,23H,3-4,12-13H2,1-2H3,(H,22,26). The molecule has 6 nitrogen and oxygen atoms in total. The molecule has 0 aliphatic heterocycles. The van der Waals surface area contributed by atoms with Crippen molar-refractivity contribution in [2.75, 3.05) is 19.6 Å². The van der Waals surface area contributed by atoms with Gasteiger partial charge in [0.15, 0.2) is 0 Å². The molecule has 140 valence electrons. The summed E-state index contributed by atoms with van der Waals surface area (Å²) in [5.41, 5.74) is 2.79. The Labute approximate surface area is 158 Å². The quantitative estimate of drug-likeness (QED) is 0.676. The zero-order chi connectivity index (χ0) is 19.2. The van der Waals surface area contributed by atoms with Gasteiger partial charge in [-0.25, -0.2) is 4.98 Å². The maximum Gasteiger partial charge on any atom is 0.272 e. The number of fused-ring (bicyclic) bond motifs is 1. The first-order valence-corrected chi connectivity index (χ1v) is 9.23. The normalized spacial score (nSPS) is 10.7. The highest BCUT2D eigenvalue weighted by atomic mass is 16.2. The van der Waals surface area contributed by atoms with Gasteiger partial charge in [0.1, 0.15) is 11.4 Å². The maximum atomic E-state index is 12.4. The average Bonchev–Trinajstić information content (AvgIpc) is 3.12. The van der Waals surface area contributed by atoms with Gasteiger partial charge in [0, 0.05) is 36.7 Å². The van der Waals surface area contributed by atoms with Crippen LogP contribution in [0.4, 0.5) is 0 Å². The van der Waals surface area contributed by atoms with Gasteiger partial charge in [-0.1, -0.05) is 24.3 Å². The van der Waals surface area contributed by atoms with Gasteiger partial charge >= 0.3 is 0 Å². The van der Waals surface area contributed by atoms with Crippen LogP contribution in [0.1, 0.15) is 40.4 Å². The van der Waals surface area contributed by atoms with E-state index >= 15 is 0 Å². The molecular formula is C21H24N4O2. The Morgan fingerprint density at radius 3 is 2.56 bits per heavy atom. The summed E-state index contributed by atoms with van der Waals surface area (Å²) in [4.78, 5) is 34.0. The number of aromatic amines is 1. The number of H-pyrrole nitrogens is 1. The van der Waals surface area contributed by atoms with Crippen molar-refractivity contribution in [3.05, 3.63) is 65.6 Å². The lowest BCUT2D eigenvalue weighted by atomic mass is 10.1. The SMILES string of the molecule is CCN(CC)C(=O)c1cccc(C(=O)NCCc2c[nH]c3ccccc23)n1. The van der Waals surface area contributed by atoms with E-state index in [1.54, 1.807) is 23.1 Å². The zero-order valence-electron chi connectivity index (χ0n) is 15.7. The molecule has 0 aliphatic rings. The number of hydrogen-bond donors (Lipinski definition) is 2. The molecule has 2 aromatic heterocycles. The molecule has 0 saturated heterocycles. The van der Waals surface area contributed by atoms with E-state index in [1.165, 1.54) is 0 Å². The Morgan fingerprint density at radius 2 is 1.78 bits per heavy atom. The van der Waals surface area contributed by atoms with Crippen molar-refractivity contribution >= 4 is 22.7 Å². The monoisotopic (exact) mass is 364 g/mol. The van der Waals surface area contributed by atoms with Crippen LogP contribution < -0.4 is 5.32 Å². The van der Waals surface area contributed by atoms with E-state index in [0.29, 0.717) is 31.7 Å². The number of benzene rings is 1. The zero-order valence-corrected chi connectivity index (χ0v) is 15.7. The molecule has 0 bridgehead atoms. The summed E-state index contributed by atoms with van der Waals surface area (Å²) in [6.45, 7) is 5.55. The molecule has 1 aromatic carbocycles. The third kappa shape index (κ3) is 4.16. The maximum absolute atomic E-state index is 12.4. The minimum Gasteiger partial charge on any atom is -0.361 e. The van der Waals surface area contributed by atoms with Crippen molar-refractivity contribution in [3.63, 3.8) is 0 Å². The molecule has 2 N–H and O–H groups in total. The smallest absolute Gasteiger partial charge is 0.272 e. The van der Waals surface area contributed by atoms with Crippen LogP contribution >= 0.6 is 0 Å². The molecule has 0 fully saturated rings. The summed E-state index contributed by atoms with van der Waals surface area (Å²) in [5, 5.41) is 4.05. The molecule has 0 radical (unpaired) electrons. The molecule has 3 rings (SSSR count). The van der Waals surface area contributed by atoms with Crippen molar-refractivity contribution in [2.24, 2.45) is 0 Å². The Bertz CT molecular complexity index is 944. The Morgan fingerprint density at radius 1 is 1.04 bits per heavy atom. The van der Waals surface area contributed by atoms with Crippen LogP contribution in [0.15, 0.2) is 48.7 Å². The number of pyridine rings is 1. The van der Waals surface area contributed by atoms with Gasteiger partial charge in [-0.15, -0.1) is 0 Å². The van der Waals surface area contributed by atoms with Gasteiger partial charge in [0.05, 0.1) is 0 Å². The molecule has 0 atom stereocenters. The molecular weight excluding hydrogens is 340 g/mol. The first-order chi connectivity index (χ1) is 13.1. The first-order valence-electron chi connectivity index (χ1n) is 9.23. The second-order valence-corrected chi connectivity index (χ2v) is 6.25. The fourth-order valence-electron chi connectivity index (χ4n) is 3.09. The predicted molar refractivity (Wildman–Crippen MR) is 106 cm³/mol. The number of nitrogens with one attached hydrogen (secondary N) is 2. The van der Waals surface area contributed by atoms with Gasteiger partial charge in [0.2, 0.25) is 0 Å². The van der Waals surface area contributed by atoms with E-state index in [-0.39, 0.29) is 17.5 Å². The van der Waals surface area contributed by atoms with Crippen LogP contribution in [0, 0.1) is 0 Å². The Hall–Kier alpha value is -3.15. The number of aromatic nitrogens is 2. The number of para-hydroxylation sites is 1. The third-order valence-corrected chi connectivity index (χ3v) is 4.61. The predicted octanol–water partition coefficient (Wildman–Crippen LogP) is 3.02. The van der Waals surface area contributed by atoms with E-state index in [0.717, 1.165) is 16.5 Å². The van der Waals surface area contributed by atoms with Crippen LogP contribution in [-0.2, 0) is 6.42 Å². The second kappa shape index (κ2) is 8.49. The first kappa shape index (κ1) is 18.6. The van der Waals surface area contributed by atoms with E-state index < -0.39 is 0 Å². The highest BCUT2D eigenvalue weighted by Crippen LogP contribution is 2.17. The molecule has 27 heavy (non-hydrogen) atoms. The summed E-state index contributed by atoms with van der Waals surface area (Å²) in [5.74, 6) is -0.433. The van der Waals surface area contributed by atoms with Crippen LogP contribution in [0.25, 0.3) is 10.9 Å². The van der Waals surface area contributed by atoms with E-state index in [2.05, 4.69) is 21.4 Å². The van der Waals surface area contributed by atoms with Crippen molar-refractivity contribution < 1.29 is 9.59 Å². The summed E-state index contributed by atoms with van der Waals surface area (Å²) < 4.78 is 0. The largest absolute Gasteiger partial charge is 0.361 e. The lowest BCUT2D eigenvalue weighted by Gasteiger charge is -2.18. The molecule has 0 spiro atoms. The van der Waals surface area contributed by atoms with E-state index in [1.807, 2.05) is 38.2 Å². The second-order valence-electron chi connectivity index (χ2n) is 6.25. The fourth-order valence-corrected chi connectivity index (χ4v) is 3.09. The fraction of sp³-hybridized carbons (Fsp3) is 0.286. The van der Waals surface area contributed by atoms with Gasteiger partial charge in [0.25, 0.3) is 11.8 Å². The molecule has 2 amide bonds. The summed E-state index contributed by atoms with van der Waals surface area (Å²) in [6, 6.07) is 13.0. The summed E-state index contributed by atoms with van der Waals surface area (Å²) in [7, 11) is 0. The van der Waals surface area contributed by atoms with E-state index in [9.17, 15) is 9.59 Å². The highest BCUT2D eigenvalue weighted by molar-refractivity contribution is 5.96. The lowest BCUT2D eigenvalue weighted by Crippen LogP contribution is -2.32. The van der Waals surface area contributed by atoms with Crippen molar-refractivity contribution in [2.45, 2.75) is 20.3 Å². The van der Waals surface area contributed by atoms with Crippen molar-refractivity contribution in [1.29, 1.82) is 0 Å². The van der Waals surface area contributed by atoms with Gasteiger partial charge in [-0.05, 0) is 44.0 Å². The number of rotatable bonds is 7. The number of carbonyl (C=O) groups excluding carboxylic acids is 2. The molecule has 3 aromatic rings. The van der Waals surface area contributed by atoms with Crippen LogP contribution in [0.2, 0.25) is 0 Å². The van der Waals surface area contributed by atoms with Gasteiger partial charge in [-0.3, -0.25) is 9.59 Å². The van der Waals surface area contributed by atoms with E-state index in [4.69, 9.17) is 0 Å². The van der Waals surface area contributed by atoms with Crippen molar-refractivity contribution in [1.82, 2.24) is 20.2 Å². The topological polar surface area (TPSA) is 78.1 Å². The summed E-state index contributed by atoms with van der Waals surface area (Å²) in [6.07, 6.45) is 2.69. The minimum atomic E-state index is -0.274. The van der Waals surface area contributed by atoms with Crippen LogP contribution in [0.3, 0.4) is 0 Å². The number of carbonyl (C=O) groups is 2. The van der Waals surface area contributed by atoms with Gasteiger partial charge < -0.3 is 15.2 Å². The lowest BCUT2D eigenvalue weighted by molar-refractivity contribution is 0.0767. The Balaban J connectivity index is 1.63. The number of hydrogen-bond acceptors (Lipinski definition) is 3. The molecule has 0 saturated carbocycles. The molecule has 0 aliphatic carbocycles. The van der Waals surface area contributed by atoms with Crippen LogP contribution in [0.5, 0.6) is 0 Å². The summed E-state index contributed by atoms with van der Waals surface area (Å²) >= 11 is 0. The van der Waals surface area contributed by atoms with Crippen molar-refractivity contribution in [3.8, 4) is 0 Å². The van der Waals surface area contributed by atoms with Gasteiger partial charge in [-0.2, -0.15) is 0 Å². The average molecular weight is 364 g/mol. The molecule has 6 heteroatoms. The highest BCUT2D eigenvalue weighted by Gasteiger charge is 2.16. The number of amides is 2. The molecule has 2 heterocycles. The number of nitrogens with zero attached hydrogens (tertiary/aromatic N) is 2. The minimum absolute atomic E-state index is 0.159.